The fourth-order valence-electron chi connectivity index (χ4n) is 13.1. The molecule has 612 valence electrons. The van der Waals surface area contributed by atoms with Crippen molar-refractivity contribution in [3.05, 3.63) is 0 Å². The molecule has 103 heavy (non-hydrogen) atoms. The minimum Gasteiger partial charge on any atom is -0.462 e. The number of rotatable bonds is 83. The average molecular weight is 1510 g/mol. The third-order valence-corrected chi connectivity index (χ3v) is 21.6. The number of aliphatic hydroxyl groups excluding tert-OH is 1. The Bertz CT molecular complexity index is 1980. The van der Waals surface area contributed by atoms with Crippen molar-refractivity contribution >= 4 is 39.5 Å². The molecule has 0 aromatic rings. The molecule has 0 spiro atoms. The molecule has 0 bridgehead atoms. The van der Waals surface area contributed by atoms with Gasteiger partial charge in [-0.25, -0.2) is 9.13 Å². The van der Waals surface area contributed by atoms with Crippen LogP contribution in [0.4, 0.5) is 0 Å². The Morgan fingerprint density at radius 1 is 0.262 bits per heavy atom. The Hall–Kier alpha value is -1.94. The van der Waals surface area contributed by atoms with Crippen LogP contribution in [0.15, 0.2) is 0 Å². The van der Waals surface area contributed by atoms with Crippen LogP contribution in [0.2, 0.25) is 0 Å². The van der Waals surface area contributed by atoms with E-state index in [-0.39, 0.29) is 25.7 Å². The molecular formula is C84H164O17P2. The van der Waals surface area contributed by atoms with Crippen LogP contribution >= 0.6 is 15.6 Å². The molecule has 0 heterocycles. The number of phosphoric ester groups is 2. The monoisotopic (exact) mass is 1510 g/mol. The van der Waals surface area contributed by atoms with Gasteiger partial charge in [-0.15, -0.1) is 0 Å². The SMILES string of the molecule is CCCCCCCCCCCCCCCCCCCCC(=O)OC[C@H](COP(=O)(O)OC[C@@H](O)COP(=O)(O)OC[C@@H](COC(=O)CCCCCCCCCCCCC)OC(=O)CCCCCCCCCCCCCCCC(C)C)OC(=O)CCCCCCCCCCCCCCCCCC(C)C. The van der Waals surface area contributed by atoms with Crippen molar-refractivity contribution in [3.8, 4) is 0 Å². The van der Waals surface area contributed by atoms with Crippen LogP contribution in [0.5, 0.6) is 0 Å². The van der Waals surface area contributed by atoms with Crippen LogP contribution < -0.4 is 0 Å². The third-order valence-electron chi connectivity index (χ3n) is 19.7. The molecule has 0 aliphatic heterocycles. The highest BCUT2D eigenvalue weighted by molar-refractivity contribution is 7.47. The molecule has 0 saturated heterocycles. The zero-order valence-electron chi connectivity index (χ0n) is 67.6. The van der Waals surface area contributed by atoms with Gasteiger partial charge < -0.3 is 33.8 Å². The first-order valence-electron chi connectivity index (χ1n) is 43.5. The zero-order valence-corrected chi connectivity index (χ0v) is 69.4. The van der Waals surface area contributed by atoms with Crippen molar-refractivity contribution < 1.29 is 80.2 Å². The summed E-state index contributed by atoms with van der Waals surface area (Å²) in [5, 5.41) is 10.7. The van der Waals surface area contributed by atoms with Gasteiger partial charge in [-0.1, -0.05) is 395 Å². The van der Waals surface area contributed by atoms with E-state index in [0.717, 1.165) is 102 Å². The Balaban J connectivity index is 5.25. The molecule has 5 atom stereocenters. The van der Waals surface area contributed by atoms with Crippen molar-refractivity contribution in [1.29, 1.82) is 0 Å². The van der Waals surface area contributed by atoms with Crippen molar-refractivity contribution in [1.82, 2.24) is 0 Å². The van der Waals surface area contributed by atoms with Crippen molar-refractivity contribution in [2.24, 2.45) is 11.8 Å². The van der Waals surface area contributed by atoms with Crippen LogP contribution in [0.1, 0.15) is 446 Å². The highest BCUT2D eigenvalue weighted by atomic mass is 31.2. The maximum Gasteiger partial charge on any atom is 0.472 e. The number of hydrogen-bond acceptors (Lipinski definition) is 15. The molecule has 0 aliphatic carbocycles. The quantitative estimate of drug-likeness (QED) is 0.0222. The van der Waals surface area contributed by atoms with Gasteiger partial charge in [0.2, 0.25) is 0 Å². The number of esters is 4. The fraction of sp³-hybridized carbons (Fsp3) is 0.952. The van der Waals surface area contributed by atoms with E-state index in [9.17, 15) is 43.2 Å². The molecule has 0 amide bonds. The smallest absolute Gasteiger partial charge is 0.462 e. The van der Waals surface area contributed by atoms with E-state index in [1.165, 1.54) is 263 Å². The summed E-state index contributed by atoms with van der Waals surface area (Å²) in [4.78, 5) is 73.2. The number of hydrogen-bond donors (Lipinski definition) is 3. The highest BCUT2D eigenvalue weighted by Gasteiger charge is 2.30. The summed E-state index contributed by atoms with van der Waals surface area (Å²) >= 11 is 0. The predicted molar refractivity (Wildman–Crippen MR) is 423 cm³/mol. The molecule has 0 radical (unpaired) electrons. The second kappa shape index (κ2) is 75.5. The van der Waals surface area contributed by atoms with E-state index in [2.05, 4.69) is 41.5 Å². The summed E-state index contributed by atoms with van der Waals surface area (Å²) in [5.41, 5.74) is 0. The van der Waals surface area contributed by atoms with Crippen LogP contribution in [-0.4, -0.2) is 96.7 Å². The molecule has 0 saturated carbocycles. The summed E-state index contributed by atoms with van der Waals surface area (Å²) in [7, 11) is -9.92. The summed E-state index contributed by atoms with van der Waals surface area (Å²) in [6.07, 6.45) is 66.5. The number of carbonyl (C=O) groups is 4. The standard InChI is InChI=1S/C84H164O17P2/c1-7-9-11-13-15-17-19-20-21-22-23-26-31-37-43-49-55-61-67-82(87)95-73-80(101-83(88)68-62-56-50-44-38-32-27-24-25-29-35-40-46-52-58-64-76(3)4)75-99-103(92,93)97-71-78(85)70-96-102(90,91)98-74-79(72-94-81(86)66-60-54-48-42-34-18-16-14-12-10-8-2)100-84(89)69-63-57-51-45-39-33-28-30-36-41-47-53-59-65-77(5)6/h76-80,85H,7-75H2,1-6H3,(H,90,91)(H,92,93)/t78-,79+,80+/m0/s1. The minimum atomic E-state index is -4.96. The lowest BCUT2D eigenvalue weighted by Crippen LogP contribution is -2.30. The lowest BCUT2D eigenvalue weighted by atomic mass is 10.0. The second-order valence-electron chi connectivity index (χ2n) is 31.2. The van der Waals surface area contributed by atoms with E-state index in [1.807, 2.05) is 0 Å². The fourth-order valence-corrected chi connectivity index (χ4v) is 14.6. The number of aliphatic hydroxyl groups is 1. The lowest BCUT2D eigenvalue weighted by molar-refractivity contribution is -0.161. The zero-order chi connectivity index (χ0) is 75.6. The first kappa shape index (κ1) is 101. The molecule has 19 heteroatoms. The lowest BCUT2D eigenvalue weighted by Gasteiger charge is -2.21. The third kappa shape index (κ3) is 78.0. The number of carbonyl (C=O) groups excluding carboxylic acids is 4. The predicted octanol–water partition coefficient (Wildman–Crippen LogP) is 25.5. The van der Waals surface area contributed by atoms with Crippen molar-refractivity contribution in [2.45, 2.75) is 464 Å². The molecule has 0 aromatic carbocycles. The van der Waals surface area contributed by atoms with Crippen LogP contribution in [0.3, 0.4) is 0 Å². The topological polar surface area (TPSA) is 237 Å². The molecule has 0 rings (SSSR count). The molecule has 17 nitrogen and oxygen atoms in total. The Kier molecular flexibility index (Phi) is 74.1. The molecule has 2 unspecified atom stereocenters. The largest absolute Gasteiger partial charge is 0.472 e. The van der Waals surface area contributed by atoms with E-state index in [0.29, 0.717) is 25.7 Å². The molecule has 0 fully saturated rings. The summed E-state index contributed by atoms with van der Waals surface area (Å²) < 4.78 is 68.9. The average Bonchev–Trinajstić information content (AvgIpc) is 0.911. The summed E-state index contributed by atoms with van der Waals surface area (Å²) in [6.45, 7) is 9.70. The van der Waals surface area contributed by atoms with Crippen LogP contribution in [0, 0.1) is 11.8 Å². The highest BCUT2D eigenvalue weighted by Crippen LogP contribution is 2.45. The van der Waals surface area contributed by atoms with Gasteiger partial charge in [0.15, 0.2) is 12.2 Å². The normalized spacial score (nSPS) is 13.9. The van der Waals surface area contributed by atoms with Crippen molar-refractivity contribution in [3.63, 3.8) is 0 Å². The maximum absolute atomic E-state index is 13.1. The Morgan fingerprint density at radius 3 is 0.660 bits per heavy atom. The van der Waals surface area contributed by atoms with Gasteiger partial charge in [-0.2, -0.15) is 0 Å². The summed E-state index contributed by atoms with van der Waals surface area (Å²) in [6, 6.07) is 0. The molecule has 0 aromatic heterocycles. The number of phosphoric acid groups is 2. The van der Waals surface area contributed by atoms with Gasteiger partial charge in [0.1, 0.15) is 19.3 Å². The van der Waals surface area contributed by atoms with Gasteiger partial charge in [0, 0.05) is 25.7 Å². The van der Waals surface area contributed by atoms with Gasteiger partial charge in [0.05, 0.1) is 26.4 Å². The first-order valence-corrected chi connectivity index (χ1v) is 46.5. The van der Waals surface area contributed by atoms with Gasteiger partial charge in [0.25, 0.3) is 0 Å². The summed E-state index contributed by atoms with van der Waals surface area (Å²) in [5.74, 6) is -0.513. The minimum absolute atomic E-state index is 0.108. The van der Waals surface area contributed by atoms with Crippen molar-refractivity contribution in [2.75, 3.05) is 39.6 Å². The Morgan fingerprint density at radius 2 is 0.447 bits per heavy atom. The number of unbranched alkanes of at least 4 members (excludes halogenated alkanes) is 53. The maximum atomic E-state index is 13.1. The van der Waals surface area contributed by atoms with E-state index >= 15 is 0 Å². The van der Waals surface area contributed by atoms with Gasteiger partial charge in [-0.3, -0.25) is 37.3 Å². The van der Waals surface area contributed by atoms with Crippen LogP contribution in [0.25, 0.3) is 0 Å². The molecule has 3 N–H and O–H groups in total. The molecular weight excluding hydrogens is 1340 g/mol. The van der Waals surface area contributed by atoms with Gasteiger partial charge in [-0.05, 0) is 37.5 Å². The van der Waals surface area contributed by atoms with E-state index in [1.54, 1.807) is 0 Å². The van der Waals surface area contributed by atoms with Crippen LogP contribution in [-0.2, 0) is 65.4 Å². The van der Waals surface area contributed by atoms with Gasteiger partial charge >= 0.3 is 39.5 Å². The molecule has 0 aliphatic rings. The second-order valence-corrected chi connectivity index (χ2v) is 34.1. The first-order chi connectivity index (χ1) is 49.9. The van der Waals surface area contributed by atoms with E-state index in [4.69, 9.17) is 37.0 Å². The Labute approximate surface area is 632 Å². The number of ether oxygens (including phenoxy) is 4. The van der Waals surface area contributed by atoms with E-state index < -0.39 is 97.5 Å².